The van der Waals surface area contributed by atoms with E-state index in [1.165, 1.54) is 0 Å². The average molecular weight is 462 g/mol. The van der Waals surface area contributed by atoms with Gasteiger partial charge in [-0.25, -0.2) is 4.98 Å². The number of aromatic nitrogens is 4. The molecule has 0 bridgehead atoms. The molecule has 2 atom stereocenters. The van der Waals surface area contributed by atoms with E-state index in [-0.39, 0.29) is 36.3 Å². The highest BCUT2D eigenvalue weighted by Gasteiger charge is 2.34. The summed E-state index contributed by atoms with van der Waals surface area (Å²) in [6.07, 6.45) is 3.19. The number of nitrogens with zero attached hydrogens (tertiary/aromatic N) is 5. The smallest absolute Gasteiger partial charge is 0.254 e. The molecule has 1 aromatic carbocycles. The van der Waals surface area contributed by atoms with Gasteiger partial charge in [-0.1, -0.05) is 31.2 Å². The van der Waals surface area contributed by atoms with Gasteiger partial charge in [0.15, 0.2) is 5.78 Å². The lowest BCUT2D eigenvalue weighted by molar-refractivity contribution is 0.0572. The Kier molecular flexibility index (Phi) is 6.61. The minimum atomic E-state index is -0.870. The van der Waals surface area contributed by atoms with Gasteiger partial charge in [0.1, 0.15) is 17.8 Å². The number of Topliss-reactive ketones (excluding diaryl/α,β-unsaturated/α-hetero) is 1. The minimum Gasteiger partial charge on any atom is -0.388 e. The molecule has 34 heavy (non-hydrogen) atoms. The van der Waals surface area contributed by atoms with Crippen molar-refractivity contribution in [2.24, 2.45) is 7.05 Å². The van der Waals surface area contributed by atoms with Crippen molar-refractivity contribution in [3.05, 3.63) is 76.6 Å². The van der Waals surface area contributed by atoms with Crippen LogP contribution in [0.2, 0.25) is 0 Å². The SMILES string of the molecule is Cc1cc(C(=O)N2CC[C@](C)(O)C2)cc(C(=O)Cc2cccc([C@H](C)Cc3nncn3C)c2)n1. The van der Waals surface area contributed by atoms with Crippen molar-refractivity contribution in [1.82, 2.24) is 24.6 Å². The Morgan fingerprint density at radius 2 is 2.03 bits per heavy atom. The predicted molar refractivity (Wildman–Crippen MR) is 128 cm³/mol. The Balaban J connectivity index is 1.48. The molecule has 2 aromatic heterocycles. The van der Waals surface area contributed by atoms with Gasteiger partial charge < -0.3 is 14.6 Å². The second kappa shape index (κ2) is 9.46. The van der Waals surface area contributed by atoms with Crippen LogP contribution in [0, 0.1) is 6.92 Å². The molecule has 8 nitrogen and oxygen atoms in total. The number of ketones is 1. The number of hydrogen-bond donors (Lipinski definition) is 1. The van der Waals surface area contributed by atoms with E-state index in [2.05, 4.69) is 28.2 Å². The van der Waals surface area contributed by atoms with Crippen LogP contribution in [-0.4, -0.2) is 60.1 Å². The molecule has 8 heteroatoms. The van der Waals surface area contributed by atoms with Crippen LogP contribution in [0.1, 0.15) is 69.7 Å². The standard InChI is InChI=1S/C26H31N5O3/c1-17(10-24-29-27-16-30(24)4)20-7-5-6-19(12-20)13-23(32)22-14-21(11-18(2)28-22)25(33)31-9-8-26(3,34)15-31/h5-7,11-12,14,16-17,34H,8-10,13,15H2,1-4H3/t17-,26+/m1/s1. The Morgan fingerprint density at radius 3 is 2.71 bits per heavy atom. The van der Waals surface area contributed by atoms with Crippen molar-refractivity contribution in [2.45, 2.75) is 51.6 Å². The molecule has 0 unspecified atom stereocenters. The van der Waals surface area contributed by atoms with Gasteiger partial charge in [-0.15, -0.1) is 10.2 Å². The van der Waals surface area contributed by atoms with Crippen LogP contribution in [-0.2, 0) is 19.9 Å². The van der Waals surface area contributed by atoms with Crippen LogP contribution in [0.15, 0.2) is 42.7 Å². The zero-order valence-electron chi connectivity index (χ0n) is 20.2. The second-order valence-corrected chi connectivity index (χ2v) is 9.66. The molecule has 1 N–H and O–H groups in total. The third kappa shape index (κ3) is 5.39. The fourth-order valence-corrected chi connectivity index (χ4v) is 4.41. The maximum absolute atomic E-state index is 13.1. The number of pyridine rings is 1. The van der Waals surface area contributed by atoms with Gasteiger partial charge >= 0.3 is 0 Å². The van der Waals surface area contributed by atoms with E-state index < -0.39 is 5.60 Å². The molecule has 1 saturated heterocycles. The molecule has 0 radical (unpaired) electrons. The number of hydrogen-bond acceptors (Lipinski definition) is 6. The zero-order valence-corrected chi connectivity index (χ0v) is 20.2. The lowest BCUT2D eigenvalue weighted by Crippen LogP contribution is -2.34. The Morgan fingerprint density at radius 1 is 1.24 bits per heavy atom. The molecule has 3 heterocycles. The predicted octanol–water partition coefficient (Wildman–Crippen LogP) is 2.89. The second-order valence-electron chi connectivity index (χ2n) is 9.66. The first-order chi connectivity index (χ1) is 16.1. The van der Waals surface area contributed by atoms with E-state index >= 15 is 0 Å². The summed E-state index contributed by atoms with van der Waals surface area (Å²) >= 11 is 0. The molecule has 4 rings (SSSR count). The summed E-state index contributed by atoms with van der Waals surface area (Å²) in [4.78, 5) is 32.1. The van der Waals surface area contributed by atoms with Gasteiger partial charge in [0.2, 0.25) is 0 Å². The van der Waals surface area contributed by atoms with Crippen LogP contribution < -0.4 is 0 Å². The molecule has 1 aliphatic rings. The summed E-state index contributed by atoms with van der Waals surface area (Å²) < 4.78 is 1.91. The van der Waals surface area contributed by atoms with Crippen molar-refractivity contribution in [3.8, 4) is 0 Å². The molecular formula is C26H31N5O3. The van der Waals surface area contributed by atoms with E-state index in [1.807, 2.05) is 29.8 Å². The first-order valence-electron chi connectivity index (χ1n) is 11.6. The van der Waals surface area contributed by atoms with Crippen LogP contribution in [0.25, 0.3) is 0 Å². The number of benzene rings is 1. The highest BCUT2D eigenvalue weighted by molar-refractivity contribution is 6.00. The monoisotopic (exact) mass is 461 g/mol. The summed E-state index contributed by atoms with van der Waals surface area (Å²) in [6, 6.07) is 11.3. The number of rotatable bonds is 7. The number of aryl methyl sites for hydroxylation is 2. The number of likely N-dealkylation sites (tertiary alicyclic amines) is 1. The quantitative estimate of drug-likeness (QED) is 0.543. The number of β-amino-alcohol motifs (C(OH)–C–C–N with tert-alkyl or cyclic N) is 1. The van der Waals surface area contributed by atoms with Crippen LogP contribution >= 0.6 is 0 Å². The molecule has 178 valence electrons. The van der Waals surface area contributed by atoms with Gasteiger partial charge in [-0.05, 0) is 49.4 Å². The van der Waals surface area contributed by atoms with Gasteiger partial charge in [0.25, 0.3) is 5.91 Å². The van der Waals surface area contributed by atoms with Gasteiger partial charge in [-0.3, -0.25) is 9.59 Å². The van der Waals surface area contributed by atoms with E-state index in [0.717, 1.165) is 23.4 Å². The lowest BCUT2D eigenvalue weighted by Gasteiger charge is -2.19. The van der Waals surface area contributed by atoms with Crippen molar-refractivity contribution < 1.29 is 14.7 Å². The first-order valence-corrected chi connectivity index (χ1v) is 11.6. The van der Waals surface area contributed by atoms with Crippen LogP contribution in [0.4, 0.5) is 0 Å². The number of aliphatic hydroxyl groups is 1. The normalized spacial score (nSPS) is 18.8. The molecule has 0 aliphatic carbocycles. The first kappa shape index (κ1) is 23.8. The maximum Gasteiger partial charge on any atom is 0.254 e. The summed E-state index contributed by atoms with van der Waals surface area (Å²) in [5, 5.41) is 18.3. The molecule has 0 saturated carbocycles. The van der Waals surface area contributed by atoms with Gasteiger partial charge in [-0.2, -0.15) is 0 Å². The summed E-state index contributed by atoms with van der Waals surface area (Å²) in [7, 11) is 1.93. The summed E-state index contributed by atoms with van der Waals surface area (Å²) in [5.41, 5.74) is 2.49. The minimum absolute atomic E-state index is 0.135. The maximum atomic E-state index is 13.1. The van der Waals surface area contributed by atoms with Gasteiger partial charge in [0.05, 0.1) is 5.60 Å². The van der Waals surface area contributed by atoms with E-state index in [0.29, 0.717) is 24.2 Å². The van der Waals surface area contributed by atoms with Crippen molar-refractivity contribution >= 4 is 11.7 Å². The zero-order chi connectivity index (χ0) is 24.5. The number of carbonyl (C=O) groups excluding carboxylic acids is 2. The van der Waals surface area contributed by atoms with Crippen molar-refractivity contribution in [3.63, 3.8) is 0 Å². The number of amides is 1. The molecule has 1 fully saturated rings. The van der Waals surface area contributed by atoms with Crippen molar-refractivity contribution in [1.29, 1.82) is 0 Å². The van der Waals surface area contributed by atoms with Gasteiger partial charge in [0, 0.05) is 44.2 Å². The molecule has 1 aliphatic heterocycles. The Labute approximate surface area is 199 Å². The molecular weight excluding hydrogens is 430 g/mol. The van der Waals surface area contributed by atoms with E-state index in [4.69, 9.17) is 0 Å². The topological polar surface area (TPSA) is 101 Å². The highest BCUT2D eigenvalue weighted by atomic mass is 16.3. The molecule has 1 amide bonds. The third-order valence-corrected chi connectivity index (χ3v) is 6.40. The number of carbonyl (C=O) groups is 2. The van der Waals surface area contributed by atoms with Crippen molar-refractivity contribution in [2.75, 3.05) is 13.1 Å². The fourth-order valence-electron chi connectivity index (χ4n) is 4.41. The summed E-state index contributed by atoms with van der Waals surface area (Å²) in [6.45, 7) is 6.43. The Bertz CT molecular complexity index is 1220. The average Bonchev–Trinajstić information content (AvgIpc) is 3.37. The lowest BCUT2D eigenvalue weighted by atomic mass is 9.94. The van der Waals surface area contributed by atoms with E-state index in [1.54, 1.807) is 37.2 Å². The Hall–Kier alpha value is -3.39. The fraction of sp³-hybridized carbons (Fsp3) is 0.423. The van der Waals surface area contributed by atoms with Crippen LogP contribution in [0.5, 0.6) is 0 Å². The third-order valence-electron chi connectivity index (χ3n) is 6.40. The van der Waals surface area contributed by atoms with E-state index in [9.17, 15) is 14.7 Å². The molecule has 3 aromatic rings. The highest BCUT2D eigenvalue weighted by Crippen LogP contribution is 2.24. The van der Waals surface area contributed by atoms with Crippen LogP contribution in [0.3, 0.4) is 0 Å². The summed E-state index contributed by atoms with van der Waals surface area (Å²) in [5.74, 6) is 0.813. The largest absolute Gasteiger partial charge is 0.388 e. The molecule has 0 spiro atoms.